The Labute approximate surface area is 142 Å². The van der Waals surface area contributed by atoms with Gasteiger partial charge in [0, 0.05) is 24.1 Å². The van der Waals surface area contributed by atoms with Crippen molar-refractivity contribution in [3.63, 3.8) is 0 Å². The van der Waals surface area contributed by atoms with Crippen LogP contribution in [0.25, 0.3) is 11.3 Å². The molecule has 0 spiro atoms. The van der Waals surface area contributed by atoms with Crippen molar-refractivity contribution in [3.05, 3.63) is 63.4 Å². The van der Waals surface area contributed by atoms with Gasteiger partial charge in [-0.05, 0) is 18.1 Å². The number of rotatable bonds is 4. The smallest absolute Gasteiger partial charge is 0.277 e. The number of aromatic nitrogens is 3. The number of anilines is 1. The predicted molar refractivity (Wildman–Crippen MR) is 94.4 cm³/mol. The fourth-order valence-corrected chi connectivity index (χ4v) is 2.87. The Bertz CT molecular complexity index is 928. The summed E-state index contributed by atoms with van der Waals surface area (Å²) in [4.78, 5) is 27.9. The van der Waals surface area contributed by atoms with Crippen molar-refractivity contribution < 1.29 is 4.79 Å². The minimum Gasteiger partial charge on any atom is -0.296 e. The Kier molecular flexibility index (Phi) is 4.52. The van der Waals surface area contributed by atoms with E-state index in [4.69, 9.17) is 0 Å². The van der Waals surface area contributed by atoms with E-state index in [1.54, 1.807) is 0 Å². The van der Waals surface area contributed by atoms with Gasteiger partial charge in [0.15, 0.2) is 5.13 Å². The van der Waals surface area contributed by atoms with Crippen LogP contribution in [-0.2, 0) is 13.5 Å². The summed E-state index contributed by atoms with van der Waals surface area (Å²) in [7, 11) is 1.50. The molecule has 0 aliphatic heterocycles. The molecular weight excluding hydrogens is 324 g/mol. The second kappa shape index (κ2) is 6.76. The lowest BCUT2D eigenvalue weighted by Gasteiger charge is -2.02. The molecule has 7 heteroatoms. The standard InChI is InChI=1S/C17H16N4O2S/c1-3-11-4-6-12(7-5-11)14-10-24-17(18-14)19-16(23)13-8-9-15(22)21(2)20-13/h4-10H,3H2,1-2H3,(H,18,19,23). The highest BCUT2D eigenvalue weighted by molar-refractivity contribution is 7.14. The van der Waals surface area contributed by atoms with Crippen molar-refractivity contribution in [2.75, 3.05) is 5.32 Å². The van der Waals surface area contributed by atoms with Crippen molar-refractivity contribution in [3.8, 4) is 11.3 Å². The number of carbonyl (C=O) groups excluding carboxylic acids is 1. The zero-order valence-corrected chi connectivity index (χ0v) is 14.1. The predicted octanol–water partition coefficient (Wildman–Crippen LogP) is 2.72. The summed E-state index contributed by atoms with van der Waals surface area (Å²) in [5.74, 6) is -0.396. The normalized spacial score (nSPS) is 10.6. The Morgan fingerprint density at radius 1 is 1.21 bits per heavy atom. The van der Waals surface area contributed by atoms with Gasteiger partial charge in [-0.1, -0.05) is 31.2 Å². The molecule has 1 N–H and O–H groups in total. The average molecular weight is 340 g/mol. The Hall–Kier alpha value is -2.80. The minimum absolute atomic E-state index is 0.168. The molecule has 0 saturated heterocycles. The molecule has 2 heterocycles. The molecule has 0 bridgehead atoms. The third kappa shape index (κ3) is 3.41. The summed E-state index contributed by atoms with van der Waals surface area (Å²) in [5.41, 5.74) is 2.98. The highest BCUT2D eigenvalue weighted by Crippen LogP contribution is 2.25. The number of thiazole rings is 1. The van der Waals surface area contributed by atoms with Crippen LogP contribution in [0.1, 0.15) is 23.0 Å². The van der Waals surface area contributed by atoms with Crippen molar-refractivity contribution >= 4 is 22.4 Å². The molecule has 0 fully saturated rings. The number of hydrogen-bond donors (Lipinski definition) is 1. The Morgan fingerprint density at radius 2 is 1.96 bits per heavy atom. The van der Waals surface area contributed by atoms with Crippen molar-refractivity contribution in [2.24, 2.45) is 7.05 Å². The SMILES string of the molecule is CCc1ccc(-c2csc(NC(=O)c3ccc(=O)n(C)n3)n2)cc1. The monoisotopic (exact) mass is 340 g/mol. The lowest BCUT2D eigenvalue weighted by molar-refractivity contribution is 0.102. The van der Waals surface area contributed by atoms with Crippen LogP contribution in [0.3, 0.4) is 0 Å². The van der Waals surface area contributed by atoms with Crippen molar-refractivity contribution in [1.29, 1.82) is 0 Å². The first-order chi connectivity index (χ1) is 11.6. The Balaban J connectivity index is 1.76. The molecule has 1 amide bonds. The van der Waals surface area contributed by atoms with Crippen LogP contribution >= 0.6 is 11.3 Å². The number of benzene rings is 1. The number of nitrogens with one attached hydrogen (secondary N) is 1. The second-order valence-corrected chi connectivity index (χ2v) is 6.08. The molecule has 24 heavy (non-hydrogen) atoms. The molecule has 0 radical (unpaired) electrons. The number of carbonyl (C=O) groups is 1. The number of hydrogen-bond acceptors (Lipinski definition) is 5. The molecule has 1 aromatic carbocycles. The number of amides is 1. The zero-order valence-electron chi connectivity index (χ0n) is 13.3. The van der Waals surface area contributed by atoms with Crippen molar-refractivity contribution in [2.45, 2.75) is 13.3 Å². The molecule has 122 valence electrons. The van der Waals surface area contributed by atoms with Crippen LogP contribution in [-0.4, -0.2) is 20.7 Å². The maximum Gasteiger partial charge on any atom is 0.277 e. The summed E-state index contributed by atoms with van der Waals surface area (Å²) in [5, 5.41) is 9.01. The third-order valence-electron chi connectivity index (χ3n) is 3.58. The third-order valence-corrected chi connectivity index (χ3v) is 4.33. The van der Waals surface area contributed by atoms with Crippen LogP contribution in [0.15, 0.2) is 46.6 Å². The molecule has 0 aliphatic rings. The molecule has 3 rings (SSSR count). The summed E-state index contributed by atoms with van der Waals surface area (Å²) in [6.07, 6.45) is 0.991. The fourth-order valence-electron chi connectivity index (χ4n) is 2.16. The summed E-state index contributed by atoms with van der Waals surface area (Å²) in [6, 6.07) is 10.9. The van der Waals surface area contributed by atoms with Gasteiger partial charge in [-0.2, -0.15) is 5.10 Å². The van der Waals surface area contributed by atoms with E-state index in [1.165, 1.54) is 36.1 Å². The van der Waals surface area contributed by atoms with E-state index in [1.807, 2.05) is 17.5 Å². The molecule has 3 aromatic rings. The van der Waals surface area contributed by atoms with E-state index in [2.05, 4.69) is 34.5 Å². The zero-order chi connectivity index (χ0) is 17.1. The van der Waals surface area contributed by atoms with Gasteiger partial charge in [-0.15, -0.1) is 11.3 Å². The molecule has 0 aliphatic carbocycles. The highest BCUT2D eigenvalue weighted by Gasteiger charge is 2.12. The highest BCUT2D eigenvalue weighted by atomic mass is 32.1. The number of aryl methyl sites for hydroxylation is 2. The van der Waals surface area contributed by atoms with Gasteiger partial charge in [-0.25, -0.2) is 9.67 Å². The lowest BCUT2D eigenvalue weighted by Crippen LogP contribution is -2.23. The van der Waals surface area contributed by atoms with Crippen LogP contribution in [0.2, 0.25) is 0 Å². The first-order valence-electron chi connectivity index (χ1n) is 7.47. The fraction of sp³-hybridized carbons (Fsp3) is 0.176. The second-order valence-electron chi connectivity index (χ2n) is 5.22. The maximum atomic E-state index is 12.2. The summed E-state index contributed by atoms with van der Waals surface area (Å²) < 4.78 is 1.12. The van der Waals surface area contributed by atoms with Crippen LogP contribution in [0.5, 0.6) is 0 Å². The van der Waals surface area contributed by atoms with Gasteiger partial charge in [0.25, 0.3) is 11.5 Å². The first kappa shape index (κ1) is 16.1. The quantitative estimate of drug-likeness (QED) is 0.792. The summed E-state index contributed by atoms with van der Waals surface area (Å²) in [6.45, 7) is 2.11. The number of nitrogens with zero attached hydrogens (tertiary/aromatic N) is 3. The van der Waals surface area contributed by atoms with Crippen LogP contribution < -0.4 is 10.9 Å². The van der Waals surface area contributed by atoms with E-state index in [0.717, 1.165) is 22.4 Å². The van der Waals surface area contributed by atoms with Gasteiger partial charge in [0.05, 0.1) is 5.69 Å². The van der Waals surface area contributed by atoms with E-state index in [9.17, 15) is 9.59 Å². The molecule has 0 atom stereocenters. The van der Waals surface area contributed by atoms with E-state index in [-0.39, 0.29) is 11.3 Å². The molecule has 0 saturated carbocycles. The van der Waals surface area contributed by atoms with E-state index >= 15 is 0 Å². The minimum atomic E-state index is -0.396. The van der Waals surface area contributed by atoms with Gasteiger partial charge in [0.2, 0.25) is 0 Å². The van der Waals surface area contributed by atoms with Gasteiger partial charge in [-0.3, -0.25) is 14.9 Å². The van der Waals surface area contributed by atoms with E-state index in [0.29, 0.717) is 5.13 Å². The van der Waals surface area contributed by atoms with Gasteiger partial charge < -0.3 is 0 Å². The summed E-state index contributed by atoms with van der Waals surface area (Å²) >= 11 is 1.35. The average Bonchev–Trinajstić information content (AvgIpc) is 3.06. The molecule has 6 nitrogen and oxygen atoms in total. The maximum absolute atomic E-state index is 12.2. The van der Waals surface area contributed by atoms with Gasteiger partial charge >= 0.3 is 0 Å². The molecular formula is C17H16N4O2S. The largest absolute Gasteiger partial charge is 0.296 e. The first-order valence-corrected chi connectivity index (χ1v) is 8.35. The topological polar surface area (TPSA) is 76.9 Å². The van der Waals surface area contributed by atoms with Crippen molar-refractivity contribution in [1.82, 2.24) is 14.8 Å². The van der Waals surface area contributed by atoms with Crippen LogP contribution in [0, 0.1) is 0 Å². The van der Waals surface area contributed by atoms with Crippen LogP contribution in [0.4, 0.5) is 5.13 Å². The molecule has 2 aromatic heterocycles. The molecule has 0 unspecified atom stereocenters. The lowest BCUT2D eigenvalue weighted by atomic mass is 10.1. The Morgan fingerprint density at radius 3 is 2.62 bits per heavy atom. The van der Waals surface area contributed by atoms with E-state index < -0.39 is 5.91 Å². The van der Waals surface area contributed by atoms with Gasteiger partial charge in [0.1, 0.15) is 5.69 Å².